The zero-order valence-electron chi connectivity index (χ0n) is 11.6. The first-order chi connectivity index (χ1) is 10.1. The first-order valence-corrected chi connectivity index (χ1v) is 6.81. The van der Waals surface area contributed by atoms with Crippen molar-refractivity contribution >= 4 is 16.7 Å². The van der Waals surface area contributed by atoms with E-state index in [9.17, 15) is 8.78 Å². The Hall–Kier alpha value is -2.43. The Bertz CT molecular complexity index is 809. The highest BCUT2D eigenvalue weighted by Crippen LogP contribution is 2.30. The average Bonchev–Trinajstić information content (AvgIpc) is 2.80. The molecular weight excluding hydrogens is 272 g/mol. The van der Waals surface area contributed by atoms with Crippen LogP contribution in [0.25, 0.3) is 22.4 Å². The van der Waals surface area contributed by atoms with Gasteiger partial charge in [0.15, 0.2) is 0 Å². The van der Waals surface area contributed by atoms with Crippen LogP contribution in [0.3, 0.4) is 0 Å². The first kappa shape index (κ1) is 13.5. The SMILES string of the molecule is CCCn1c(-c2cc(F)ccc2N)nc2ccc(F)cc21. The molecule has 3 nitrogen and oxygen atoms in total. The maximum Gasteiger partial charge on any atom is 0.143 e. The number of imidazole rings is 1. The van der Waals surface area contributed by atoms with Crippen molar-refractivity contribution in [3.63, 3.8) is 0 Å². The van der Waals surface area contributed by atoms with Gasteiger partial charge in [0.25, 0.3) is 0 Å². The minimum Gasteiger partial charge on any atom is -0.398 e. The number of rotatable bonds is 3. The van der Waals surface area contributed by atoms with Gasteiger partial charge in [-0.2, -0.15) is 0 Å². The van der Waals surface area contributed by atoms with E-state index >= 15 is 0 Å². The molecule has 0 unspecified atom stereocenters. The molecule has 0 aliphatic carbocycles. The third-order valence-corrected chi connectivity index (χ3v) is 3.41. The molecule has 0 amide bonds. The molecule has 2 aromatic carbocycles. The van der Waals surface area contributed by atoms with Gasteiger partial charge in [0, 0.05) is 17.8 Å². The number of aromatic nitrogens is 2. The number of nitrogen functional groups attached to an aromatic ring is 1. The number of benzene rings is 2. The quantitative estimate of drug-likeness (QED) is 0.741. The summed E-state index contributed by atoms with van der Waals surface area (Å²) in [5.74, 6) is -0.131. The summed E-state index contributed by atoms with van der Waals surface area (Å²) in [5.41, 5.74) is 8.28. The van der Waals surface area contributed by atoms with Crippen molar-refractivity contribution in [2.24, 2.45) is 0 Å². The molecule has 2 N–H and O–H groups in total. The predicted molar refractivity (Wildman–Crippen MR) is 79.8 cm³/mol. The molecule has 0 saturated heterocycles. The standard InChI is InChI=1S/C16H15F2N3/c1-2-7-21-15-9-11(18)4-6-14(15)20-16(21)12-8-10(17)3-5-13(12)19/h3-6,8-9H,2,7,19H2,1H3. The van der Waals surface area contributed by atoms with Crippen LogP contribution in [0.1, 0.15) is 13.3 Å². The van der Waals surface area contributed by atoms with Gasteiger partial charge in [0.05, 0.1) is 11.0 Å². The van der Waals surface area contributed by atoms with E-state index in [-0.39, 0.29) is 11.6 Å². The van der Waals surface area contributed by atoms with Crippen LogP contribution in [0, 0.1) is 11.6 Å². The van der Waals surface area contributed by atoms with E-state index in [4.69, 9.17) is 5.73 Å². The lowest BCUT2D eigenvalue weighted by atomic mass is 10.1. The fraction of sp³-hybridized carbons (Fsp3) is 0.188. The van der Waals surface area contributed by atoms with Gasteiger partial charge in [-0.3, -0.25) is 0 Å². The molecular formula is C16H15F2N3. The number of anilines is 1. The Morgan fingerprint density at radius 3 is 2.57 bits per heavy atom. The fourth-order valence-electron chi connectivity index (χ4n) is 2.47. The second-order valence-corrected chi connectivity index (χ2v) is 4.95. The first-order valence-electron chi connectivity index (χ1n) is 6.81. The number of fused-ring (bicyclic) bond motifs is 1. The Kier molecular flexibility index (Phi) is 3.33. The molecule has 108 valence electrons. The summed E-state index contributed by atoms with van der Waals surface area (Å²) in [7, 11) is 0. The number of nitrogens with two attached hydrogens (primary N) is 1. The number of nitrogens with zero attached hydrogens (tertiary/aromatic N) is 2. The normalized spacial score (nSPS) is 11.2. The fourth-order valence-corrected chi connectivity index (χ4v) is 2.47. The average molecular weight is 287 g/mol. The summed E-state index contributed by atoms with van der Waals surface area (Å²) < 4.78 is 28.9. The molecule has 21 heavy (non-hydrogen) atoms. The van der Waals surface area contributed by atoms with Gasteiger partial charge < -0.3 is 10.3 Å². The van der Waals surface area contributed by atoms with Gasteiger partial charge in [-0.1, -0.05) is 6.92 Å². The van der Waals surface area contributed by atoms with Gasteiger partial charge in [-0.05, 0) is 42.8 Å². The van der Waals surface area contributed by atoms with E-state index in [1.165, 1.54) is 30.3 Å². The Labute approximate surface area is 121 Å². The van der Waals surface area contributed by atoms with Crippen LogP contribution in [0.2, 0.25) is 0 Å². The largest absolute Gasteiger partial charge is 0.398 e. The van der Waals surface area contributed by atoms with E-state index in [2.05, 4.69) is 4.98 Å². The van der Waals surface area contributed by atoms with E-state index in [1.54, 1.807) is 6.07 Å². The van der Waals surface area contributed by atoms with Crippen LogP contribution in [0.4, 0.5) is 14.5 Å². The van der Waals surface area contributed by atoms with Crippen molar-refractivity contribution in [3.05, 3.63) is 48.0 Å². The van der Waals surface area contributed by atoms with Crippen molar-refractivity contribution in [2.45, 2.75) is 19.9 Å². The zero-order valence-corrected chi connectivity index (χ0v) is 11.6. The molecule has 0 radical (unpaired) electrons. The minimum absolute atomic E-state index is 0.321. The molecule has 0 atom stereocenters. The molecule has 1 heterocycles. The molecule has 0 fully saturated rings. The molecule has 1 aromatic heterocycles. The topological polar surface area (TPSA) is 43.8 Å². The van der Waals surface area contributed by atoms with Crippen LogP contribution < -0.4 is 5.73 Å². The smallest absolute Gasteiger partial charge is 0.143 e. The lowest BCUT2D eigenvalue weighted by molar-refractivity contribution is 0.625. The molecule has 0 aliphatic rings. The lowest BCUT2D eigenvalue weighted by Gasteiger charge is -2.10. The highest BCUT2D eigenvalue weighted by molar-refractivity contribution is 5.83. The third-order valence-electron chi connectivity index (χ3n) is 3.41. The molecule has 0 spiro atoms. The highest BCUT2D eigenvalue weighted by Gasteiger charge is 2.15. The summed E-state index contributed by atoms with van der Waals surface area (Å²) in [4.78, 5) is 4.49. The molecule has 0 bridgehead atoms. The van der Waals surface area contributed by atoms with Gasteiger partial charge in [0.2, 0.25) is 0 Å². The molecule has 0 saturated carbocycles. The van der Waals surface area contributed by atoms with Crippen molar-refractivity contribution in [3.8, 4) is 11.4 Å². The minimum atomic E-state index is -0.375. The maximum atomic E-state index is 13.5. The van der Waals surface area contributed by atoms with Crippen molar-refractivity contribution in [1.29, 1.82) is 0 Å². The summed E-state index contributed by atoms with van der Waals surface area (Å²) in [5, 5.41) is 0. The predicted octanol–water partition coefficient (Wildman–Crippen LogP) is 3.97. The van der Waals surface area contributed by atoms with E-state index in [0.29, 0.717) is 34.7 Å². The van der Waals surface area contributed by atoms with Crippen LogP contribution in [0.15, 0.2) is 36.4 Å². The second-order valence-electron chi connectivity index (χ2n) is 4.95. The molecule has 3 rings (SSSR count). The lowest BCUT2D eigenvalue weighted by Crippen LogP contribution is -2.02. The van der Waals surface area contributed by atoms with Gasteiger partial charge in [0.1, 0.15) is 17.5 Å². The van der Waals surface area contributed by atoms with Crippen molar-refractivity contribution < 1.29 is 8.78 Å². The third kappa shape index (κ3) is 2.35. The maximum absolute atomic E-state index is 13.5. The second kappa shape index (κ2) is 5.16. The number of aryl methyl sites for hydroxylation is 1. The van der Waals surface area contributed by atoms with Crippen molar-refractivity contribution in [1.82, 2.24) is 9.55 Å². The van der Waals surface area contributed by atoms with E-state index in [0.717, 1.165) is 6.42 Å². The Balaban J connectivity index is 2.30. The highest BCUT2D eigenvalue weighted by atomic mass is 19.1. The van der Waals surface area contributed by atoms with E-state index < -0.39 is 0 Å². The summed E-state index contributed by atoms with van der Waals surface area (Å²) in [6.07, 6.45) is 0.851. The van der Waals surface area contributed by atoms with Crippen molar-refractivity contribution in [2.75, 3.05) is 5.73 Å². The number of hydrogen-bond donors (Lipinski definition) is 1. The zero-order chi connectivity index (χ0) is 15.0. The summed E-state index contributed by atoms with van der Waals surface area (Å²) in [6, 6.07) is 8.61. The van der Waals surface area contributed by atoms with Gasteiger partial charge in [-0.15, -0.1) is 0 Å². The molecule has 3 aromatic rings. The van der Waals surface area contributed by atoms with Gasteiger partial charge >= 0.3 is 0 Å². The Morgan fingerprint density at radius 1 is 1.10 bits per heavy atom. The van der Waals surface area contributed by atoms with Crippen LogP contribution in [-0.4, -0.2) is 9.55 Å². The number of halogens is 2. The summed E-state index contributed by atoms with van der Waals surface area (Å²) >= 11 is 0. The van der Waals surface area contributed by atoms with Crippen LogP contribution >= 0.6 is 0 Å². The van der Waals surface area contributed by atoms with Gasteiger partial charge in [-0.25, -0.2) is 13.8 Å². The number of hydrogen-bond acceptors (Lipinski definition) is 2. The summed E-state index contributed by atoms with van der Waals surface area (Å²) in [6.45, 7) is 2.68. The molecule has 0 aliphatic heterocycles. The Morgan fingerprint density at radius 2 is 1.81 bits per heavy atom. The monoisotopic (exact) mass is 287 g/mol. The molecule has 5 heteroatoms. The van der Waals surface area contributed by atoms with E-state index in [1.807, 2.05) is 11.5 Å². The van der Waals surface area contributed by atoms with Crippen LogP contribution in [-0.2, 0) is 6.54 Å². The van der Waals surface area contributed by atoms with Crippen LogP contribution in [0.5, 0.6) is 0 Å².